The van der Waals surface area contributed by atoms with E-state index in [1.807, 2.05) is 18.4 Å². The maximum atomic E-state index is 12.9. The van der Waals surface area contributed by atoms with E-state index in [1.165, 1.54) is 10.3 Å². The van der Waals surface area contributed by atoms with E-state index in [-0.39, 0.29) is 30.2 Å². The molecule has 0 N–H and O–H groups in total. The van der Waals surface area contributed by atoms with E-state index in [9.17, 15) is 10.1 Å². The van der Waals surface area contributed by atoms with Gasteiger partial charge < -0.3 is 9.47 Å². The minimum Gasteiger partial charge on any atom is -0.349 e. The molecular weight excluding hydrogens is 472 g/mol. The summed E-state index contributed by atoms with van der Waals surface area (Å²) in [4.78, 5) is 31.6. The van der Waals surface area contributed by atoms with Gasteiger partial charge in [0.25, 0.3) is 0 Å². The zero-order chi connectivity index (χ0) is 25.7. The summed E-state index contributed by atoms with van der Waals surface area (Å²) in [6, 6.07) is 9.40. The van der Waals surface area contributed by atoms with Crippen molar-refractivity contribution in [2.75, 3.05) is 18.0 Å². The monoisotopic (exact) mass is 504 g/mol. The Labute approximate surface area is 214 Å². The van der Waals surface area contributed by atoms with Crippen molar-refractivity contribution in [2.45, 2.75) is 65.7 Å². The molecule has 1 aliphatic heterocycles. The highest BCUT2D eigenvalue weighted by Gasteiger charge is 2.35. The average Bonchev–Trinajstić information content (AvgIpc) is 3.41. The summed E-state index contributed by atoms with van der Waals surface area (Å²) in [7, 11) is 1.72. The predicted molar refractivity (Wildman–Crippen MR) is 144 cm³/mol. The van der Waals surface area contributed by atoms with Crippen LogP contribution in [0.3, 0.4) is 0 Å². The molecule has 1 saturated heterocycles. The van der Waals surface area contributed by atoms with Crippen LogP contribution in [0.4, 0.5) is 5.82 Å². The number of hydrogen-bond acceptors (Lipinski definition) is 8. The molecule has 0 spiro atoms. The molecule has 1 fully saturated rings. The molecule has 9 nitrogen and oxygen atoms in total. The minimum atomic E-state index is -0.307. The van der Waals surface area contributed by atoms with E-state index in [4.69, 9.17) is 4.98 Å². The van der Waals surface area contributed by atoms with Crippen molar-refractivity contribution in [3.63, 3.8) is 0 Å². The number of fused-ring (bicyclic) bond motifs is 2. The zero-order valence-corrected chi connectivity index (χ0v) is 22.5. The number of aryl methyl sites for hydroxylation is 3. The van der Waals surface area contributed by atoms with E-state index in [1.54, 1.807) is 23.0 Å². The van der Waals surface area contributed by atoms with E-state index >= 15 is 0 Å². The fourth-order valence-corrected chi connectivity index (χ4v) is 6.33. The molecule has 0 saturated carbocycles. The van der Waals surface area contributed by atoms with Crippen LogP contribution in [0.25, 0.3) is 21.4 Å². The zero-order valence-electron chi connectivity index (χ0n) is 21.7. The molecule has 0 aliphatic carbocycles. The van der Waals surface area contributed by atoms with E-state index in [0.717, 1.165) is 29.3 Å². The number of aromatic nitrogens is 5. The van der Waals surface area contributed by atoms with E-state index in [0.29, 0.717) is 23.7 Å². The van der Waals surface area contributed by atoms with Gasteiger partial charge in [0, 0.05) is 44.8 Å². The number of piperazine rings is 1. The summed E-state index contributed by atoms with van der Waals surface area (Å²) in [6.45, 7) is 12.9. The number of anilines is 1. The molecule has 1 aromatic carbocycles. The molecule has 3 aromatic heterocycles. The van der Waals surface area contributed by atoms with Crippen LogP contribution in [0.5, 0.6) is 0 Å². The van der Waals surface area contributed by atoms with Crippen molar-refractivity contribution in [1.29, 1.82) is 5.26 Å². The van der Waals surface area contributed by atoms with Crippen LogP contribution in [0, 0.1) is 18.3 Å². The SMILES string of the molecule is CCn1c(CC#N)nc2c(N3C[C@@H](C)N(C(C)c4ccc5sc(C)nc5c4)C[C@@H]3C)nc(=O)n(C)c21. The van der Waals surface area contributed by atoms with Gasteiger partial charge in [0.1, 0.15) is 17.0 Å². The highest BCUT2D eigenvalue weighted by atomic mass is 32.1. The maximum Gasteiger partial charge on any atom is 0.350 e. The molecule has 0 amide bonds. The fourth-order valence-electron chi connectivity index (χ4n) is 5.53. The van der Waals surface area contributed by atoms with Crippen LogP contribution in [0.15, 0.2) is 23.0 Å². The maximum absolute atomic E-state index is 12.9. The van der Waals surface area contributed by atoms with Gasteiger partial charge in [-0.25, -0.2) is 14.8 Å². The van der Waals surface area contributed by atoms with Gasteiger partial charge in [-0.3, -0.25) is 9.47 Å². The Morgan fingerprint density at radius 3 is 2.69 bits per heavy atom. The Hall–Kier alpha value is -3.29. The van der Waals surface area contributed by atoms with E-state index < -0.39 is 0 Å². The molecule has 10 heteroatoms. The Bertz CT molecular complexity index is 1540. The third kappa shape index (κ3) is 3.96. The van der Waals surface area contributed by atoms with Crippen LogP contribution < -0.4 is 10.6 Å². The molecular formula is C26H32N8OS. The van der Waals surface area contributed by atoms with Crippen molar-refractivity contribution >= 4 is 38.5 Å². The number of nitriles is 1. The van der Waals surface area contributed by atoms with E-state index in [2.05, 4.69) is 64.8 Å². The topological polar surface area (TPSA) is 95.9 Å². The first-order chi connectivity index (χ1) is 17.2. The van der Waals surface area contributed by atoms with Gasteiger partial charge in [-0.15, -0.1) is 11.3 Å². The lowest BCUT2D eigenvalue weighted by molar-refractivity contribution is 0.119. The van der Waals surface area contributed by atoms with Gasteiger partial charge in [-0.05, 0) is 52.3 Å². The van der Waals surface area contributed by atoms with Gasteiger partial charge >= 0.3 is 5.69 Å². The van der Waals surface area contributed by atoms with Gasteiger partial charge in [0.2, 0.25) is 0 Å². The smallest absolute Gasteiger partial charge is 0.349 e. The molecule has 0 bridgehead atoms. The van der Waals surface area contributed by atoms with Crippen molar-refractivity contribution in [3.8, 4) is 6.07 Å². The number of rotatable bonds is 5. The summed E-state index contributed by atoms with van der Waals surface area (Å²) in [5.41, 5.74) is 3.43. The molecule has 188 valence electrons. The van der Waals surface area contributed by atoms with Crippen LogP contribution in [-0.4, -0.2) is 54.2 Å². The lowest BCUT2D eigenvalue weighted by Gasteiger charge is -2.47. The highest BCUT2D eigenvalue weighted by Crippen LogP contribution is 2.33. The highest BCUT2D eigenvalue weighted by molar-refractivity contribution is 7.18. The average molecular weight is 505 g/mol. The largest absolute Gasteiger partial charge is 0.350 e. The Morgan fingerprint density at radius 2 is 1.97 bits per heavy atom. The lowest BCUT2D eigenvalue weighted by atomic mass is 10.0. The molecule has 36 heavy (non-hydrogen) atoms. The summed E-state index contributed by atoms with van der Waals surface area (Å²) < 4.78 is 4.71. The van der Waals surface area contributed by atoms with Crippen LogP contribution in [0.2, 0.25) is 0 Å². The summed E-state index contributed by atoms with van der Waals surface area (Å²) in [5, 5.41) is 10.4. The summed E-state index contributed by atoms with van der Waals surface area (Å²) >= 11 is 1.73. The molecule has 1 aliphatic rings. The normalized spacial score (nSPS) is 19.8. The number of nitrogens with zero attached hydrogens (tertiary/aromatic N) is 8. The van der Waals surface area contributed by atoms with Gasteiger partial charge in [-0.1, -0.05) is 6.07 Å². The summed E-state index contributed by atoms with van der Waals surface area (Å²) in [6.07, 6.45) is 0.191. The molecule has 4 aromatic rings. The van der Waals surface area contributed by atoms with Crippen molar-refractivity contribution in [3.05, 3.63) is 45.1 Å². The fraction of sp³-hybridized carbons (Fsp3) is 0.500. The first kappa shape index (κ1) is 24.4. The quantitative estimate of drug-likeness (QED) is 0.408. The van der Waals surface area contributed by atoms with Gasteiger partial charge in [-0.2, -0.15) is 10.2 Å². The van der Waals surface area contributed by atoms with Crippen molar-refractivity contribution in [2.24, 2.45) is 7.05 Å². The molecule has 1 unspecified atom stereocenters. The Balaban J connectivity index is 1.49. The summed E-state index contributed by atoms with van der Waals surface area (Å²) in [5.74, 6) is 1.28. The number of hydrogen-bond donors (Lipinski definition) is 0. The van der Waals surface area contributed by atoms with Crippen LogP contribution in [-0.2, 0) is 20.0 Å². The Kier molecular flexibility index (Phi) is 6.30. The van der Waals surface area contributed by atoms with Crippen molar-refractivity contribution < 1.29 is 0 Å². The van der Waals surface area contributed by atoms with Gasteiger partial charge in [0.05, 0.1) is 27.7 Å². The third-order valence-electron chi connectivity index (χ3n) is 7.40. The molecule has 3 atom stereocenters. The number of imidazole rings is 1. The van der Waals surface area contributed by atoms with Crippen LogP contribution in [0.1, 0.15) is 50.1 Å². The third-order valence-corrected chi connectivity index (χ3v) is 8.35. The van der Waals surface area contributed by atoms with Gasteiger partial charge in [0.15, 0.2) is 5.82 Å². The van der Waals surface area contributed by atoms with Crippen LogP contribution >= 0.6 is 11.3 Å². The lowest BCUT2D eigenvalue weighted by Crippen LogP contribution is -2.57. The van der Waals surface area contributed by atoms with Crippen molar-refractivity contribution in [1.82, 2.24) is 29.0 Å². The first-order valence-corrected chi connectivity index (χ1v) is 13.3. The number of thiazole rings is 1. The second-order valence-corrected chi connectivity index (χ2v) is 11.0. The predicted octanol–water partition coefficient (Wildman–Crippen LogP) is 3.79. The standard InChI is InChI=1S/C26H32N8OS/c1-7-32-22(10-11-27)29-23-24(30-26(35)31(6)25(23)32)34-14-15(2)33(13-16(34)3)17(4)19-8-9-21-20(12-19)28-18(5)36-21/h8-9,12,15-17H,7,10,13-14H2,1-6H3/t15-,16+,17?/m1/s1. The second-order valence-electron chi connectivity index (χ2n) is 9.74. The molecule has 4 heterocycles. The minimum absolute atomic E-state index is 0.128. The number of benzene rings is 1. The first-order valence-electron chi connectivity index (χ1n) is 12.5. The Morgan fingerprint density at radius 1 is 1.19 bits per heavy atom. The molecule has 0 radical (unpaired) electrons. The second kappa shape index (κ2) is 9.30. The molecule has 5 rings (SSSR count).